The van der Waals surface area contributed by atoms with Crippen molar-refractivity contribution >= 4 is 5.97 Å². The molecule has 0 fully saturated rings. The highest BCUT2D eigenvalue weighted by molar-refractivity contribution is 5.76. The summed E-state index contributed by atoms with van der Waals surface area (Å²) in [6.45, 7) is 0.457. The zero-order valence-corrected chi connectivity index (χ0v) is 12.0. The maximum Gasteiger partial charge on any atom is 0.323 e. The van der Waals surface area contributed by atoms with Crippen LogP contribution in [0.15, 0.2) is 48.5 Å². The summed E-state index contributed by atoms with van der Waals surface area (Å²) in [5.74, 6) is 0.979. The van der Waals surface area contributed by atoms with Gasteiger partial charge in [0.1, 0.15) is 12.6 Å². The van der Waals surface area contributed by atoms with Gasteiger partial charge in [0, 0.05) is 0 Å². The molecule has 0 amide bonds. The number of hydrogen-bond acceptors (Lipinski definition) is 5. The number of fused-ring (bicyclic) bond motifs is 1. The summed E-state index contributed by atoms with van der Waals surface area (Å²) in [7, 11) is 0. The number of benzene rings is 2. The molecule has 0 spiro atoms. The van der Waals surface area contributed by atoms with Crippen molar-refractivity contribution in [1.82, 2.24) is 0 Å². The van der Waals surface area contributed by atoms with Crippen molar-refractivity contribution in [1.29, 1.82) is 0 Å². The molecule has 5 heteroatoms. The van der Waals surface area contributed by atoms with Gasteiger partial charge < -0.3 is 19.9 Å². The molecule has 22 heavy (non-hydrogen) atoms. The van der Waals surface area contributed by atoms with Crippen molar-refractivity contribution in [3.05, 3.63) is 59.7 Å². The molecule has 0 aromatic heterocycles. The van der Waals surface area contributed by atoms with Gasteiger partial charge in [-0.05, 0) is 29.7 Å². The van der Waals surface area contributed by atoms with Gasteiger partial charge in [-0.15, -0.1) is 0 Å². The molecule has 2 N–H and O–H groups in total. The second kappa shape index (κ2) is 6.49. The maximum absolute atomic E-state index is 12.0. The highest BCUT2D eigenvalue weighted by atomic mass is 16.7. The fraction of sp³-hybridized carbons (Fsp3) is 0.235. The number of ether oxygens (including phenoxy) is 3. The van der Waals surface area contributed by atoms with Crippen LogP contribution < -0.4 is 15.2 Å². The van der Waals surface area contributed by atoms with Crippen molar-refractivity contribution in [2.75, 3.05) is 6.79 Å². The Bertz CT molecular complexity index is 657. The van der Waals surface area contributed by atoms with Crippen LogP contribution in [0.5, 0.6) is 11.5 Å². The Morgan fingerprint density at radius 2 is 1.86 bits per heavy atom. The van der Waals surface area contributed by atoms with Gasteiger partial charge in [-0.2, -0.15) is 0 Å². The number of nitrogens with two attached hydrogens (primary N) is 1. The third kappa shape index (κ3) is 3.38. The highest BCUT2D eigenvalue weighted by Crippen LogP contribution is 2.32. The van der Waals surface area contributed by atoms with E-state index in [1.165, 1.54) is 0 Å². The van der Waals surface area contributed by atoms with Gasteiger partial charge in [-0.25, -0.2) is 0 Å². The fourth-order valence-electron chi connectivity index (χ4n) is 2.24. The molecule has 1 unspecified atom stereocenters. The summed E-state index contributed by atoms with van der Waals surface area (Å²) in [5.41, 5.74) is 7.76. The molecule has 1 atom stereocenters. The van der Waals surface area contributed by atoms with Crippen LogP contribution in [0.4, 0.5) is 0 Å². The first-order valence-corrected chi connectivity index (χ1v) is 7.07. The molecule has 3 rings (SSSR count). The predicted molar refractivity (Wildman–Crippen MR) is 80.5 cm³/mol. The van der Waals surface area contributed by atoms with E-state index < -0.39 is 12.0 Å². The second-order valence-corrected chi connectivity index (χ2v) is 5.09. The van der Waals surface area contributed by atoms with Gasteiger partial charge in [-0.3, -0.25) is 4.79 Å². The Kier molecular flexibility index (Phi) is 4.25. The van der Waals surface area contributed by atoms with Crippen LogP contribution >= 0.6 is 0 Å². The number of esters is 1. The van der Waals surface area contributed by atoms with Crippen molar-refractivity contribution in [3.8, 4) is 11.5 Å². The summed E-state index contributed by atoms with van der Waals surface area (Å²) in [6, 6.07) is 14.3. The van der Waals surface area contributed by atoms with E-state index in [0.717, 1.165) is 11.1 Å². The molecular weight excluding hydrogens is 282 g/mol. The molecule has 1 aliphatic rings. The summed E-state index contributed by atoms with van der Waals surface area (Å²) in [6.07, 6.45) is 0.393. The highest BCUT2D eigenvalue weighted by Gasteiger charge is 2.18. The van der Waals surface area contributed by atoms with Crippen molar-refractivity contribution in [3.63, 3.8) is 0 Å². The zero-order chi connectivity index (χ0) is 15.4. The minimum Gasteiger partial charge on any atom is -0.460 e. The molecule has 1 heterocycles. The van der Waals surface area contributed by atoms with E-state index in [2.05, 4.69) is 0 Å². The van der Waals surface area contributed by atoms with Crippen LogP contribution in [-0.2, 0) is 22.6 Å². The summed E-state index contributed by atoms with van der Waals surface area (Å²) in [5, 5.41) is 0. The normalized spacial score (nSPS) is 13.7. The van der Waals surface area contributed by atoms with Crippen molar-refractivity contribution < 1.29 is 19.0 Å². The molecule has 0 saturated carbocycles. The van der Waals surface area contributed by atoms with Gasteiger partial charge in [-0.1, -0.05) is 36.4 Å². The average molecular weight is 299 g/mol. The lowest BCUT2D eigenvalue weighted by molar-refractivity contribution is -0.146. The molecule has 2 aromatic carbocycles. The minimum absolute atomic E-state index is 0.226. The maximum atomic E-state index is 12.0. The van der Waals surface area contributed by atoms with Crippen LogP contribution in [-0.4, -0.2) is 18.8 Å². The largest absolute Gasteiger partial charge is 0.460 e. The Hall–Kier alpha value is -2.53. The van der Waals surface area contributed by atoms with Gasteiger partial charge in [0.2, 0.25) is 6.79 Å². The number of carbonyl (C=O) groups excluding carboxylic acids is 1. The third-order valence-corrected chi connectivity index (χ3v) is 3.42. The van der Waals surface area contributed by atoms with Gasteiger partial charge >= 0.3 is 5.97 Å². The lowest BCUT2D eigenvalue weighted by atomic mass is 10.1. The first kappa shape index (κ1) is 14.4. The number of rotatable bonds is 5. The lowest BCUT2D eigenvalue weighted by Gasteiger charge is -2.12. The van der Waals surface area contributed by atoms with E-state index in [1.54, 1.807) is 0 Å². The SMILES string of the molecule is NC(Cc1ccc2c(c1)OCO2)C(=O)OCc1ccccc1. The molecule has 0 bridgehead atoms. The van der Waals surface area contributed by atoms with Crippen LogP contribution in [0, 0.1) is 0 Å². The molecule has 0 radical (unpaired) electrons. The van der Waals surface area contributed by atoms with Crippen molar-refractivity contribution in [2.45, 2.75) is 19.1 Å². The molecule has 5 nitrogen and oxygen atoms in total. The monoisotopic (exact) mass is 299 g/mol. The molecule has 1 aliphatic heterocycles. The smallest absolute Gasteiger partial charge is 0.323 e. The number of carbonyl (C=O) groups is 1. The Morgan fingerprint density at radius 3 is 2.68 bits per heavy atom. The quantitative estimate of drug-likeness (QED) is 0.855. The Labute approximate surface area is 128 Å². The summed E-state index contributed by atoms with van der Waals surface area (Å²) >= 11 is 0. The van der Waals surface area contributed by atoms with E-state index in [4.69, 9.17) is 19.9 Å². The summed E-state index contributed by atoms with van der Waals surface area (Å²) < 4.78 is 15.8. The summed E-state index contributed by atoms with van der Waals surface area (Å²) in [4.78, 5) is 12.0. The predicted octanol–water partition coefficient (Wildman–Crippen LogP) is 2.03. The van der Waals surface area contributed by atoms with Crippen molar-refractivity contribution in [2.24, 2.45) is 5.73 Å². The average Bonchev–Trinajstić information content (AvgIpc) is 3.01. The van der Waals surface area contributed by atoms with Crippen LogP contribution in [0.3, 0.4) is 0 Å². The molecular formula is C17H17NO4. The van der Waals surface area contributed by atoms with Crippen LogP contribution in [0.2, 0.25) is 0 Å². The van der Waals surface area contributed by atoms with Crippen LogP contribution in [0.25, 0.3) is 0 Å². The molecule has 114 valence electrons. The van der Waals surface area contributed by atoms with E-state index in [0.29, 0.717) is 17.9 Å². The third-order valence-electron chi connectivity index (χ3n) is 3.42. The topological polar surface area (TPSA) is 70.8 Å². The molecule has 0 aliphatic carbocycles. The lowest BCUT2D eigenvalue weighted by Crippen LogP contribution is -2.34. The Balaban J connectivity index is 1.55. The van der Waals surface area contributed by atoms with E-state index in [1.807, 2.05) is 48.5 Å². The van der Waals surface area contributed by atoms with E-state index in [-0.39, 0.29) is 13.4 Å². The van der Waals surface area contributed by atoms with Gasteiger partial charge in [0.05, 0.1) is 0 Å². The van der Waals surface area contributed by atoms with E-state index in [9.17, 15) is 4.79 Å². The first-order chi connectivity index (χ1) is 10.7. The fourth-order valence-corrected chi connectivity index (χ4v) is 2.24. The van der Waals surface area contributed by atoms with Gasteiger partial charge in [0.25, 0.3) is 0 Å². The second-order valence-electron chi connectivity index (χ2n) is 5.09. The molecule has 2 aromatic rings. The number of hydrogen-bond donors (Lipinski definition) is 1. The first-order valence-electron chi connectivity index (χ1n) is 7.07. The van der Waals surface area contributed by atoms with Gasteiger partial charge in [0.15, 0.2) is 11.5 Å². The van der Waals surface area contributed by atoms with Crippen LogP contribution in [0.1, 0.15) is 11.1 Å². The standard InChI is InChI=1S/C17H17NO4/c18-14(17(19)20-10-12-4-2-1-3-5-12)8-13-6-7-15-16(9-13)22-11-21-15/h1-7,9,14H,8,10-11,18H2. The minimum atomic E-state index is -0.705. The van der Waals surface area contributed by atoms with E-state index >= 15 is 0 Å². The zero-order valence-electron chi connectivity index (χ0n) is 12.0. The Morgan fingerprint density at radius 1 is 1.09 bits per heavy atom. The molecule has 0 saturated heterocycles.